The molecule has 0 saturated heterocycles. The van der Waals surface area contributed by atoms with Crippen LogP contribution in [0.2, 0.25) is 0 Å². The highest BCUT2D eigenvalue weighted by Gasteiger charge is 2.38. The second-order valence-corrected chi connectivity index (χ2v) is 14.9. The number of benzene rings is 8. The van der Waals surface area contributed by atoms with Crippen molar-refractivity contribution in [2.45, 2.75) is 19.3 Å². The van der Waals surface area contributed by atoms with Crippen LogP contribution in [-0.4, -0.2) is 0 Å². The van der Waals surface area contributed by atoms with E-state index in [2.05, 4.69) is 189 Å². The maximum atomic E-state index is 6.51. The van der Waals surface area contributed by atoms with Crippen LogP contribution in [0.15, 0.2) is 180 Å². The van der Waals surface area contributed by atoms with E-state index in [0.29, 0.717) is 0 Å². The number of hydrogen-bond acceptors (Lipinski definition) is 2. The van der Waals surface area contributed by atoms with Gasteiger partial charge in [-0.15, -0.1) is 0 Å². The first-order chi connectivity index (χ1) is 26.1. The van der Waals surface area contributed by atoms with Crippen LogP contribution in [0.4, 0.5) is 17.1 Å². The van der Waals surface area contributed by atoms with E-state index in [1.54, 1.807) is 0 Å². The van der Waals surface area contributed by atoms with Gasteiger partial charge < -0.3 is 9.32 Å². The van der Waals surface area contributed by atoms with Crippen molar-refractivity contribution in [3.8, 4) is 55.6 Å². The molecule has 0 radical (unpaired) electrons. The Labute approximate surface area is 309 Å². The van der Waals surface area contributed by atoms with Crippen molar-refractivity contribution in [1.29, 1.82) is 0 Å². The first-order valence-electron chi connectivity index (χ1n) is 18.4. The van der Waals surface area contributed by atoms with Gasteiger partial charge in [-0.1, -0.05) is 147 Å². The van der Waals surface area contributed by atoms with E-state index in [-0.39, 0.29) is 5.41 Å². The van der Waals surface area contributed by atoms with E-state index in [4.69, 9.17) is 4.42 Å². The van der Waals surface area contributed by atoms with Gasteiger partial charge in [-0.3, -0.25) is 0 Å². The molecule has 0 fully saturated rings. The van der Waals surface area contributed by atoms with Gasteiger partial charge in [0.1, 0.15) is 11.2 Å². The Morgan fingerprint density at radius 3 is 1.55 bits per heavy atom. The van der Waals surface area contributed by atoms with Gasteiger partial charge in [-0.2, -0.15) is 0 Å². The maximum absolute atomic E-state index is 6.51. The third-order valence-electron chi connectivity index (χ3n) is 11.7. The summed E-state index contributed by atoms with van der Waals surface area (Å²) in [4.78, 5) is 2.45. The molecular formula is C51H35NO. The van der Waals surface area contributed by atoms with Crippen LogP contribution < -0.4 is 4.90 Å². The van der Waals surface area contributed by atoms with Crippen LogP contribution in [0.1, 0.15) is 25.0 Å². The van der Waals surface area contributed by atoms with E-state index >= 15 is 0 Å². The third-order valence-corrected chi connectivity index (χ3v) is 11.7. The molecule has 0 N–H and O–H groups in total. The molecule has 0 atom stereocenters. The summed E-state index contributed by atoms with van der Waals surface area (Å²) in [7, 11) is 0. The predicted octanol–water partition coefficient (Wildman–Crippen LogP) is 14.3. The Balaban J connectivity index is 1.21. The van der Waals surface area contributed by atoms with Crippen molar-refractivity contribution in [3.63, 3.8) is 0 Å². The predicted molar refractivity (Wildman–Crippen MR) is 221 cm³/mol. The van der Waals surface area contributed by atoms with Gasteiger partial charge in [0, 0.05) is 39.2 Å². The molecule has 0 amide bonds. The topological polar surface area (TPSA) is 16.4 Å². The van der Waals surface area contributed by atoms with Gasteiger partial charge in [-0.25, -0.2) is 0 Å². The molecule has 2 nitrogen and oxygen atoms in total. The summed E-state index contributed by atoms with van der Waals surface area (Å²) in [6, 6.07) is 64.4. The SMILES string of the molecule is CC1(C)c2ccccc2-c2c(N(c3ccc4c(c3)-c3ccccc3-c3ccccc3-c3ccccc3-4)c3ccc4c(c3)oc3ccccc34)cccc21. The third kappa shape index (κ3) is 4.33. The molecule has 250 valence electrons. The zero-order valence-corrected chi connectivity index (χ0v) is 29.6. The minimum atomic E-state index is -0.127. The number of nitrogens with zero attached hydrogens (tertiary/aromatic N) is 1. The maximum Gasteiger partial charge on any atom is 0.137 e. The molecule has 0 bridgehead atoms. The quantitative estimate of drug-likeness (QED) is 0.185. The van der Waals surface area contributed by atoms with Gasteiger partial charge in [0.15, 0.2) is 0 Å². The standard InChI is InChI=1S/C51H35NO/c1-51(2)45-22-11-9-21-43(45)50-46(51)23-13-24-47(50)52(33-27-29-42-41-20-10-12-25-48(41)53-49(42)31-33)32-26-28-40-38-18-6-5-16-36(38)34-14-3-4-15-35(34)37-17-7-8-19-39(37)44(40)30-32/h3-31H,1-2H3. The zero-order chi connectivity index (χ0) is 35.3. The molecule has 2 aliphatic rings. The monoisotopic (exact) mass is 677 g/mol. The van der Waals surface area contributed by atoms with Gasteiger partial charge in [0.2, 0.25) is 0 Å². The van der Waals surface area contributed by atoms with Crippen LogP contribution >= 0.6 is 0 Å². The normalized spacial score (nSPS) is 13.2. The van der Waals surface area contributed by atoms with E-state index < -0.39 is 0 Å². The molecular weight excluding hydrogens is 643 g/mol. The molecule has 0 aliphatic heterocycles. The number of anilines is 3. The molecule has 2 aliphatic carbocycles. The average molecular weight is 678 g/mol. The molecule has 1 aromatic heterocycles. The van der Waals surface area contributed by atoms with Crippen LogP contribution in [0.25, 0.3) is 77.6 Å². The second kappa shape index (κ2) is 11.2. The van der Waals surface area contributed by atoms with Crippen LogP contribution in [0, 0.1) is 0 Å². The lowest BCUT2D eigenvalue weighted by atomic mass is 9.81. The molecule has 8 aromatic carbocycles. The lowest BCUT2D eigenvalue weighted by Gasteiger charge is -2.30. The van der Waals surface area contributed by atoms with Gasteiger partial charge >= 0.3 is 0 Å². The van der Waals surface area contributed by atoms with Crippen LogP contribution in [-0.2, 0) is 5.41 Å². The number of furan rings is 1. The fraction of sp³-hybridized carbons (Fsp3) is 0.0588. The minimum Gasteiger partial charge on any atom is -0.456 e. The summed E-state index contributed by atoms with van der Waals surface area (Å²) in [5.74, 6) is 0. The van der Waals surface area contributed by atoms with Crippen molar-refractivity contribution in [3.05, 3.63) is 187 Å². The highest BCUT2D eigenvalue weighted by Crippen LogP contribution is 2.55. The first kappa shape index (κ1) is 30.0. The van der Waals surface area contributed by atoms with Crippen LogP contribution in [0.5, 0.6) is 0 Å². The number of rotatable bonds is 3. The Bertz CT molecular complexity index is 2940. The van der Waals surface area contributed by atoms with Gasteiger partial charge in [0.05, 0.1) is 5.69 Å². The second-order valence-electron chi connectivity index (χ2n) is 14.9. The fourth-order valence-corrected chi connectivity index (χ4v) is 9.19. The summed E-state index contributed by atoms with van der Waals surface area (Å²) in [5, 5.41) is 2.25. The molecule has 0 spiro atoms. The zero-order valence-electron chi connectivity index (χ0n) is 29.6. The summed E-state index contributed by atoms with van der Waals surface area (Å²) >= 11 is 0. The average Bonchev–Trinajstić information content (AvgIpc) is 3.69. The molecule has 1 heterocycles. The number of para-hydroxylation sites is 1. The van der Waals surface area contributed by atoms with E-state index in [1.165, 1.54) is 66.8 Å². The molecule has 0 saturated carbocycles. The summed E-state index contributed by atoms with van der Waals surface area (Å²) in [5.41, 5.74) is 20.1. The number of hydrogen-bond donors (Lipinski definition) is 0. The van der Waals surface area contributed by atoms with Gasteiger partial charge in [-0.05, 0) is 97.6 Å². The number of fused-ring (bicyclic) bond motifs is 14. The summed E-state index contributed by atoms with van der Waals surface area (Å²) in [6.07, 6.45) is 0. The summed E-state index contributed by atoms with van der Waals surface area (Å²) < 4.78 is 6.51. The molecule has 9 aromatic rings. The molecule has 0 unspecified atom stereocenters. The molecule has 53 heavy (non-hydrogen) atoms. The Kier molecular flexibility index (Phi) is 6.33. The van der Waals surface area contributed by atoms with Crippen molar-refractivity contribution in [2.24, 2.45) is 0 Å². The van der Waals surface area contributed by atoms with E-state index in [1.807, 2.05) is 6.07 Å². The lowest BCUT2D eigenvalue weighted by Crippen LogP contribution is -2.16. The van der Waals surface area contributed by atoms with Crippen molar-refractivity contribution < 1.29 is 4.42 Å². The molecule has 11 rings (SSSR count). The highest BCUT2D eigenvalue weighted by atomic mass is 16.3. The van der Waals surface area contributed by atoms with Crippen molar-refractivity contribution in [1.82, 2.24) is 0 Å². The lowest BCUT2D eigenvalue weighted by molar-refractivity contribution is 0.660. The first-order valence-corrected chi connectivity index (χ1v) is 18.4. The summed E-state index contributed by atoms with van der Waals surface area (Å²) in [6.45, 7) is 4.70. The molecule has 2 heteroatoms. The highest BCUT2D eigenvalue weighted by molar-refractivity contribution is 6.08. The Morgan fingerprint density at radius 2 is 0.868 bits per heavy atom. The van der Waals surface area contributed by atoms with E-state index in [9.17, 15) is 0 Å². The van der Waals surface area contributed by atoms with E-state index in [0.717, 1.165) is 39.0 Å². The van der Waals surface area contributed by atoms with Gasteiger partial charge in [0.25, 0.3) is 0 Å². The Morgan fingerprint density at radius 1 is 0.377 bits per heavy atom. The largest absolute Gasteiger partial charge is 0.456 e. The van der Waals surface area contributed by atoms with Crippen molar-refractivity contribution in [2.75, 3.05) is 4.90 Å². The van der Waals surface area contributed by atoms with Crippen molar-refractivity contribution >= 4 is 39.0 Å². The minimum absolute atomic E-state index is 0.127. The van der Waals surface area contributed by atoms with Crippen LogP contribution in [0.3, 0.4) is 0 Å². The Hall–Kier alpha value is -6.64. The smallest absolute Gasteiger partial charge is 0.137 e. The fourth-order valence-electron chi connectivity index (χ4n) is 9.19.